The fourth-order valence-electron chi connectivity index (χ4n) is 2.45. The molecule has 5 nitrogen and oxygen atoms in total. The van der Waals surface area contributed by atoms with Crippen molar-refractivity contribution < 1.29 is 9.53 Å². The topological polar surface area (TPSA) is 54.5 Å². The van der Waals surface area contributed by atoms with Crippen molar-refractivity contribution in [1.29, 1.82) is 0 Å². The summed E-state index contributed by atoms with van der Waals surface area (Å²) in [5, 5.41) is 3.37. The first-order valence-corrected chi connectivity index (χ1v) is 7.19. The van der Waals surface area contributed by atoms with E-state index in [4.69, 9.17) is 4.74 Å². The van der Waals surface area contributed by atoms with Crippen molar-refractivity contribution in [2.45, 2.75) is 31.8 Å². The molecule has 2 heterocycles. The van der Waals surface area contributed by atoms with Crippen molar-refractivity contribution in [3.8, 4) is 0 Å². The molecular weight excluding hydrogens is 254 g/mol. The molecule has 0 aliphatic carbocycles. The molecule has 20 heavy (non-hydrogen) atoms. The summed E-state index contributed by atoms with van der Waals surface area (Å²) < 4.78 is 5.10. The maximum absolute atomic E-state index is 12.4. The first kappa shape index (κ1) is 14.9. The minimum atomic E-state index is 0.173. The molecule has 1 aromatic rings. The van der Waals surface area contributed by atoms with Crippen LogP contribution in [-0.2, 0) is 16.1 Å². The van der Waals surface area contributed by atoms with E-state index in [0.717, 1.165) is 25.1 Å². The van der Waals surface area contributed by atoms with Gasteiger partial charge in [-0.25, -0.2) is 0 Å². The van der Waals surface area contributed by atoms with Gasteiger partial charge < -0.3 is 15.0 Å². The Bertz CT molecular complexity index is 405. The molecule has 1 atom stereocenters. The van der Waals surface area contributed by atoms with Gasteiger partial charge in [-0.05, 0) is 31.5 Å². The van der Waals surface area contributed by atoms with E-state index in [0.29, 0.717) is 32.2 Å². The number of aromatic nitrogens is 1. The Kier molecular flexibility index (Phi) is 5.95. The first-order chi connectivity index (χ1) is 9.79. The molecule has 5 heteroatoms. The zero-order chi connectivity index (χ0) is 14.2. The van der Waals surface area contributed by atoms with Crippen molar-refractivity contribution in [2.75, 3.05) is 26.8 Å². The van der Waals surface area contributed by atoms with E-state index in [9.17, 15) is 4.79 Å². The molecule has 1 aliphatic heterocycles. The molecule has 1 saturated heterocycles. The second-order valence-electron chi connectivity index (χ2n) is 5.13. The smallest absolute Gasteiger partial charge is 0.224 e. The van der Waals surface area contributed by atoms with Crippen LogP contribution in [0.3, 0.4) is 0 Å². The third-order valence-corrected chi connectivity index (χ3v) is 3.58. The predicted molar refractivity (Wildman–Crippen MR) is 77.2 cm³/mol. The molecular formula is C15H23N3O2. The van der Waals surface area contributed by atoms with Gasteiger partial charge in [0.15, 0.2) is 0 Å². The highest BCUT2D eigenvalue weighted by Crippen LogP contribution is 2.12. The van der Waals surface area contributed by atoms with Crippen LogP contribution in [0.5, 0.6) is 0 Å². The Hall–Kier alpha value is -1.46. The molecule has 0 spiro atoms. The van der Waals surface area contributed by atoms with Gasteiger partial charge in [0.05, 0.1) is 18.8 Å². The number of rotatable bonds is 7. The van der Waals surface area contributed by atoms with E-state index in [-0.39, 0.29) is 5.91 Å². The van der Waals surface area contributed by atoms with Crippen LogP contribution in [0.1, 0.15) is 25.0 Å². The number of amides is 1. The molecule has 0 radical (unpaired) electrons. The van der Waals surface area contributed by atoms with Gasteiger partial charge in [0, 0.05) is 32.3 Å². The summed E-state index contributed by atoms with van der Waals surface area (Å²) in [4.78, 5) is 18.5. The lowest BCUT2D eigenvalue weighted by Gasteiger charge is -2.23. The number of hydrogen-bond donors (Lipinski definition) is 1. The van der Waals surface area contributed by atoms with Crippen LogP contribution in [0.25, 0.3) is 0 Å². The van der Waals surface area contributed by atoms with Gasteiger partial charge in [0.25, 0.3) is 0 Å². The minimum Gasteiger partial charge on any atom is -0.383 e. The number of methoxy groups -OCH3 is 1. The lowest BCUT2D eigenvalue weighted by Crippen LogP contribution is -2.37. The summed E-state index contributed by atoms with van der Waals surface area (Å²) in [5.74, 6) is 0.173. The standard InChI is InChI=1S/C15H23N3O2/c1-20-10-9-18(12-14-5-2-3-7-17-14)15(19)11-13-6-4-8-16-13/h2-3,5,7,13,16H,4,6,8-12H2,1H3/t13-/m0/s1. The summed E-state index contributed by atoms with van der Waals surface area (Å²) in [6.45, 7) is 2.74. The Labute approximate surface area is 120 Å². The number of nitrogens with one attached hydrogen (secondary N) is 1. The molecule has 110 valence electrons. The number of ether oxygens (including phenoxy) is 1. The molecule has 1 aliphatic rings. The van der Waals surface area contributed by atoms with Crippen LogP contribution in [-0.4, -0.2) is 48.6 Å². The van der Waals surface area contributed by atoms with Gasteiger partial charge in [0.1, 0.15) is 0 Å². The van der Waals surface area contributed by atoms with E-state index in [1.165, 1.54) is 0 Å². The molecule has 1 amide bonds. The van der Waals surface area contributed by atoms with Crippen molar-refractivity contribution >= 4 is 5.91 Å². The van der Waals surface area contributed by atoms with Gasteiger partial charge in [-0.3, -0.25) is 9.78 Å². The summed E-state index contributed by atoms with van der Waals surface area (Å²) >= 11 is 0. The van der Waals surface area contributed by atoms with Gasteiger partial charge >= 0.3 is 0 Å². The summed E-state index contributed by atoms with van der Waals surface area (Å²) in [7, 11) is 1.65. The number of hydrogen-bond acceptors (Lipinski definition) is 4. The van der Waals surface area contributed by atoms with Crippen LogP contribution in [0.15, 0.2) is 24.4 Å². The quantitative estimate of drug-likeness (QED) is 0.813. The molecule has 1 fully saturated rings. The van der Waals surface area contributed by atoms with Gasteiger partial charge in [0.2, 0.25) is 5.91 Å². The summed E-state index contributed by atoms with van der Waals surface area (Å²) in [6, 6.07) is 6.10. The lowest BCUT2D eigenvalue weighted by atomic mass is 10.1. The number of pyridine rings is 1. The third-order valence-electron chi connectivity index (χ3n) is 3.58. The zero-order valence-corrected chi connectivity index (χ0v) is 12.0. The molecule has 0 saturated carbocycles. The van der Waals surface area contributed by atoms with E-state index in [1.54, 1.807) is 13.3 Å². The lowest BCUT2D eigenvalue weighted by molar-refractivity contribution is -0.133. The van der Waals surface area contributed by atoms with Crippen molar-refractivity contribution in [1.82, 2.24) is 15.2 Å². The predicted octanol–water partition coefficient (Wildman–Crippen LogP) is 1.20. The fraction of sp³-hybridized carbons (Fsp3) is 0.600. The molecule has 0 bridgehead atoms. The molecule has 1 N–H and O–H groups in total. The van der Waals surface area contributed by atoms with Gasteiger partial charge in [-0.15, -0.1) is 0 Å². The maximum Gasteiger partial charge on any atom is 0.224 e. The highest BCUT2D eigenvalue weighted by molar-refractivity contribution is 5.76. The molecule has 1 aromatic heterocycles. The largest absolute Gasteiger partial charge is 0.383 e. The van der Waals surface area contributed by atoms with Crippen LogP contribution < -0.4 is 5.32 Å². The van der Waals surface area contributed by atoms with E-state index >= 15 is 0 Å². The number of carbonyl (C=O) groups excluding carboxylic acids is 1. The van der Waals surface area contributed by atoms with Crippen molar-refractivity contribution in [2.24, 2.45) is 0 Å². The third kappa shape index (κ3) is 4.58. The highest BCUT2D eigenvalue weighted by Gasteiger charge is 2.21. The normalized spacial score (nSPS) is 18.1. The van der Waals surface area contributed by atoms with Gasteiger partial charge in [-0.1, -0.05) is 6.07 Å². The minimum absolute atomic E-state index is 0.173. The Morgan fingerprint density at radius 2 is 2.45 bits per heavy atom. The Morgan fingerprint density at radius 3 is 3.10 bits per heavy atom. The van der Waals surface area contributed by atoms with E-state index < -0.39 is 0 Å². The van der Waals surface area contributed by atoms with Gasteiger partial charge in [-0.2, -0.15) is 0 Å². The van der Waals surface area contributed by atoms with Crippen molar-refractivity contribution in [3.63, 3.8) is 0 Å². The fourth-order valence-corrected chi connectivity index (χ4v) is 2.45. The average molecular weight is 277 g/mol. The first-order valence-electron chi connectivity index (χ1n) is 7.19. The SMILES string of the molecule is COCCN(Cc1ccccn1)C(=O)C[C@@H]1CCCN1. The summed E-state index contributed by atoms with van der Waals surface area (Å²) in [6.07, 6.45) is 4.58. The second-order valence-corrected chi connectivity index (χ2v) is 5.13. The van der Waals surface area contributed by atoms with E-state index in [1.807, 2.05) is 23.1 Å². The van der Waals surface area contributed by atoms with Crippen molar-refractivity contribution in [3.05, 3.63) is 30.1 Å². The number of nitrogens with zero attached hydrogens (tertiary/aromatic N) is 2. The van der Waals surface area contributed by atoms with Crippen LogP contribution in [0.2, 0.25) is 0 Å². The Balaban J connectivity index is 1.92. The Morgan fingerprint density at radius 1 is 1.55 bits per heavy atom. The van der Waals surface area contributed by atoms with Crippen LogP contribution >= 0.6 is 0 Å². The monoisotopic (exact) mass is 277 g/mol. The molecule has 0 unspecified atom stereocenters. The zero-order valence-electron chi connectivity index (χ0n) is 12.0. The summed E-state index contributed by atoms with van der Waals surface area (Å²) in [5.41, 5.74) is 0.913. The average Bonchev–Trinajstić information content (AvgIpc) is 2.97. The van der Waals surface area contributed by atoms with E-state index in [2.05, 4.69) is 10.3 Å². The number of carbonyl (C=O) groups is 1. The maximum atomic E-state index is 12.4. The van der Waals surface area contributed by atoms with Crippen LogP contribution in [0, 0.1) is 0 Å². The second kappa shape index (κ2) is 7.97. The molecule has 2 rings (SSSR count). The molecule has 0 aromatic carbocycles. The highest BCUT2D eigenvalue weighted by atomic mass is 16.5. The van der Waals surface area contributed by atoms with Crippen LogP contribution in [0.4, 0.5) is 0 Å².